The molecule has 17 heavy (non-hydrogen) atoms. The number of phenolic OH excluding ortho intramolecular Hbond substituents is 1. The van der Waals surface area contributed by atoms with Crippen LogP contribution in [0, 0.1) is 5.92 Å². The Balaban J connectivity index is 0.00000256. The average molecular weight is 299 g/mol. The Labute approximate surface area is 119 Å². The van der Waals surface area contributed by atoms with E-state index in [1.807, 2.05) is 0 Å². The summed E-state index contributed by atoms with van der Waals surface area (Å²) >= 11 is 11.7. The predicted molar refractivity (Wildman–Crippen MR) is 76.4 cm³/mol. The van der Waals surface area contributed by atoms with Gasteiger partial charge in [-0.25, -0.2) is 0 Å². The van der Waals surface area contributed by atoms with Crippen LogP contribution < -0.4 is 5.73 Å². The first-order valence-corrected chi connectivity index (χ1v) is 6.11. The first kappa shape index (κ1) is 16.9. The summed E-state index contributed by atoms with van der Waals surface area (Å²) in [4.78, 5) is 0. The lowest BCUT2D eigenvalue weighted by Crippen LogP contribution is -2.11. The fraction of sp³-hybridized carbons (Fsp3) is 0.500. The summed E-state index contributed by atoms with van der Waals surface area (Å²) < 4.78 is 0. The molecule has 0 bridgehead atoms. The number of hydrogen-bond donors (Lipinski definition) is 2. The molecule has 3 N–H and O–H groups in total. The van der Waals surface area contributed by atoms with E-state index in [2.05, 4.69) is 13.8 Å². The lowest BCUT2D eigenvalue weighted by molar-refractivity contribution is 0.474. The number of aromatic hydroxyl groups is 1. The van der Waals surface area contributed by atoms with Crippen molar-refractivity contribution in [1.29, 1.82) is 0 Å². The van der Waals surface area contributed by atoms with E-state index < -0.39 is 0 Å². The van der Waals surface area contributed by atoms with Gasteiger partial charge in [0.15, 0.2) is 5.75 Å². The van der Waals surface area contributed by atoms with Crippen LogP contribution in [0.2, 0.25) is 10.0 Å². The largest absolute Gasteiger partial charge is 0.505 e. The molecule has 1 aromatic rings. The molecule has 0 radical (unpaired) electrons. The highest BCUT2D eigenvalue weighted by Crippen LogP contribution is 2.35. The van der Waals surface area contributed by atoms with Gasteiger partial charge in [0.2, 0.25) is 0 Å². The molecule has 0 aliphatic heterocycles. The van der Waals surface area contributed by atoms with E-state index in [0.717, 1.165) is 18.4 Å². The van der Waals surface area contributed by atoms with Crippen molar-refractivity contribution in [3.8, 4) is 5.75 Å². The van der Waals surface area contributed by atoms with E-state index >= 15 is 0 Å². The monoisotopic (exact) mass is 297 g/mol. The van der Waals surface area contributed by atoms with Gasteiger partial charge in [-0.15, -0.1) is 12.4 Å². The first-order valence-electron chi connectivity index (χ1n) is 5.35. The van der Waals surface area contributed by atoms with Crippen LogP contribution in [0.15, 0.2) is 12.1 Å². The van der Waals surface area contributed by atoms with Crippen LogP contribution in [-0.4, -0.2) is 5.11 Å². The molecule has 0 amide bonds. The number of halogens is 3. The van der Waals surface area contributed by atoms with Crippen LogP contribution >= 0.6 is 35.6 Å². The van der Waals surface area contributed by atoms with Gasteiger partial charge in [-0.3, -0.25) is 0 Å². The molecule has 0 unspecified atom stereocenters. The second-order valence-corrected chi connectivity index (χ2v) is 5.23. The first-order chi connectivity index (χ1) is 7.41. The summed E-state index contributed by atoms with van der Waals surface area (Å²) in [6.07, 6.45) is 1.94. The van der Waals surface area contributed by atoms with E-state index in [4.69, 9.17) is 28.9 Å². The van der Waals surface area contributed by atoms with Gasteiger partial charge in [0.1, 0.15) is 0 Å². The van der Waals surface area contributed by atoms with Crippen LogP contribution in [0.1, 0.15) is 38.3 Å². The third-order valence-electron chi connectivity index (χ3n) is 2.52. The summed E-state index contributed by atoms with van der Waals surface area (Å²) in [5.74, 6) is 0.539. The van der Waals surface area contributed by atoms with Gasteiger partial charge < -0.3 is 10.8 Å². The second kappa shape index (κ2) is 7.32. The number of benzene rings is 1. The Kier molecular flexibility index (Phi) is 7.26. The molecule has 2 nitrogen and oxygen atoms in total. The lowest BCUT2D eigenvalue weighted by Gasteiger charge is -2.14. The van der Waals surface area contributed by atoms with Crippen LogP contribution in [0.4, 0.5) is 0 Å². The Morgan fingerprint density at radius 2 is 1.65 bits per heavy atom. The minimum Gasteiger partial charge on any atom is -0.505 e. The minimum absolute atomic E-state index is 0. The minimum atomic E-state index is -0.0852. The number of phenols is 1. The Bertz CT molecular complexity index is 346. The van der Waals surface area contributed by atoms with Crippen molar-refractivity contribution >= 4 is 35.6 Å². The molecule has 0 heterocycles. The van der Waals surface area contributed by atoms with E-state index in [-0.39, 0.29) is 34.2 Å². The Hall–Kier alpha value is -0.150. The second-order valence-electron chi connectivity index (χ2n) is 4.41. The fourth-order valence-electron chi connectivity index (χ4n) is 1.48. The van der Waals surface area contributed by atoms with Crippen LogP contribution in [0.5, 0.6) is 5.75 Å². The van der Waals surface area contributed by atoms with Gasteiger partial charge in [-0.1, -0.05) is 37.0 Å². The number of hydrogen-bond acceptors (Lipinski definition) is 2. The molecule has 0 aliphatic carbocycles. The van der Waals surface area contributed by atoms with Gasteiger partial charge in [0.05, 0.1) is 10.0 Å². The molecule has 0 saturated carbocycles. The Morgan fingerprint density at radius 3 is 2.06 bits per heavy atom. The highest BCUT2D eigenvalue weighted by atomic mass is 35.5. The molecule has 5 heteroatoms. The van der Waals surface area contributed by atoms with Crippen molar-refractivity contribution < 1.29 is 5.11 Å². The van der Waals surface area contributed by atoms with Crippen molar-refractivity contribution in [2.45, 2.75) is 32.7 Å². The molecule has 1 atom stereocenters. The molecule has 98 valence electrons. The van der Waals surface area contributed by atoms with Crippen molar-refractivity contribution in [2.24, 2.45) is 11.7 Å². The maximum absolute atomic E-state index is 9.43. The predicted octanol–water partition coefficient (Wildman–Crippen LogP) is 4.56. The number of rotatable bonds is 4. The zero-order chi connectivity index (χ0) is 12.3. The molecular weight excluding hydrogens is 280 g/mol. The SMILES string of the molecule is CC(C)CC[C@@H](N)c1cc(Cl)c(O)c(Cl)c1.Cl. The molecule has 0 fully saturated rings. The summed E-state index contributed by atoms with van der Waals surface area (Å²) in [6.45, 7) is 4.31. The van der Waals surface area contributed by atoms with E-state index in [0.29, 0.717) is 5.92 Å². The smallest absolute Gasteiger partial charge is 0.152 e. The van der Waals surface area contributed by atoms with Gasteiger partial charge >= 0.3 is 0 Å². The third-order valence-corrected chi connectivity index (χ3v) is 3.10. The summed E-state index contributed by atoms with van der Waals surface area (Å²) in [7, 11) is 0. The van der Waals surface area contributed by atoms with Crippen molar-refractivity contribution in [1.82, 2.24) is 0 Å². The van der Waals surface area contributed by atoms with Crippen molar-refractivity contribution in [2.75, 3.05) is 0 Å². The summed E-state index contributed by atoms with van der Waals surface area (Å²) in [6, 6.07) is 3.26. The highest BCUT2D eigenvalue weighted by molar-refractivity contribution is 6.37. The normalized spacial score (nSPS) is 12.4. The van der Waals surface area contributed by atoms with Crippen molar-refractivity contribution in [3.63, 3.8) is 0 Å². The lowest BCUT2D eigenvalue weighted by atomic mass is 9.98. The molecular formula is C12H18Cl3NO. The van der Waals surface area contributed by atoms with Crippen molar-refractivity contribution in [3.05, 3.63) is 27.7 Å². The Morgan fingerprint density at radius 1 is 1.18 bits per heavy atom. The van der Waals surface area contributed by atoms with E-state index in [9.17, 15) is 5.11 Å². The maximum atomic E-state index is 9.43. The summed E-state index contributed by atoms with van der Waals surface area (Å²) in [5, 5.41) is 9.93. The van der Waals surface area contributed by atoms with Gasteiger partial charge in [0.25, 0.3) is 0 Å². The molecule has 0 aliphatic rings. The highest BCUT2D eigenvalue weighted by Gasteiger charge is 2.12. The zero-order valence-corrected chi connectivity index (χ0v) is 12.2. The molecule has 1 rings (SSSR count). The molecule has 0 aromatic heterocycles. The van der Waals surface area contributed by atoms with Crippen LogP contribution in [0.3, 0.4) is 0 Å². The standard InChI is InChI=1S/C12H17Cl2NO.ClH/c1-7(2)3-4-11(15)8-5-9(13)12(16)10(14)6-8;/h5-7,11,16H,3-4,15H2,1-2H3;1H/t11-;/m1./s1. The quantitative estimate of drug-likeness (QED) is 0.856. The third kappa shape index (κ3) is 4.92. The maximum Gasteiger partial charge on any atom is 0.152 e. The summed E-state index contributed by atoms with van der Waals surface area (Å²) in [5.41, 5.74) is 6.90. The zero-order valence-electron chi connectivity index (χ0n) is 9.91. The van der Waals surface area contributed by atoms with E-state index in [1.165, 1.54) is 0 Å². The topological polar surface area (TPSA) is 46.2 Å². The molecule has 0 spiro atoms. The van der Waals surface area contributed by atoms with Gasteiger partial charge in [0, 0.05) is 6.04 Å². The molecule has 1 aromatic carbocycles. The average Bonchev–Trinajstić information content (AvgIpc) is 2.21. The number of nitrogens with two attached hydrogens (primary N) is 1. The van der Waals surface area contributed by atoms with E-state index in [1.54, 1.807) is 12.1 Å². The van der Waals surface area contributed by atoms with Crippen LogP contribution in [0.25, 0.3) is 0 Å². The fourth-order valence-corrected chi connectivity index (χ4v) is 1.98. The van der Waals surface area contributed by atoms with Gasteiger partial charge in [-0.2, -0.15) is 0 Å². The van der Waals surface area contributed by atoms with Gasteiger partial charge in [-0.05, 0) is 36.5 Å². The van der Waals surface area contributed by atoms with Crippen LogP contribution in [-0.2, 0) is 0 Å². The molecule has 0 saturated heterocycles.